The van der Waals surface area contributed by atoms with E-state index in [1.807, 2.05) is 29.6 Å². The number of amides is 4. The van der Waals surface area contributed by atoms with E-state index in [0.29, 0.717) is 30.2 Å². The Bertz CT molecular complexity index is 805. The Kier molecular flexibility index (Phi) is 6.08. The molecule has 1 aromatic heterocycles. The number of nitrogens with zero attached hydrogens (tertiary/aromatic N) is 1. The van der Waals surface area contributed by atoms with Gasteiger partial charge in [0.25, 0.3) is 5.91 Å². The molecule has 1 aliphatic heterocycles. The second-order valence-electron chi connectivity index (χ2n) is 6.47. The van der Waals surface area contributed by atoms with Gasteiger partial charge in [0.15, 0.2) is 0 Å². The first-order valence-corrected chi connectivity index (χ1v) is 9.67. The summed E-state index contributed by atoms with van der Waals surface area (Å²) in [5, 5.41) is 7.31. The third-order valence-corrected chi connectivity index (χ3v) is 5.36. The largest absolute Gasteiger partial charge is 0.352 e. The molecule has 1 aliphatic rings. The fraction of sp³-hybridized carbons (Fsp3) is 0.316. The first-order chi connectivity index (χ1) is 13.0. The van der Waals surface area contributed by atoms with Crippen LogP contribution in [0.3, 0.4) is 0 Å². The van der Waals surface area contributed by atoms with E-state index in [-0.39, 0.29) is 17.7 Å². The molecule has 0 spiro atoms. The maximum absolute atomic E-state index is 12.5. The van der Waals surface area contributed by atoms with E-state index in [9.17, 15) is 14.4 Å². The van der Waals surface area contributed by atoms with Gasteiger partial charge in [-0.25, -0.2) is 4.79 Å². The van der Waals surface area contributed by atoms with Crippen molar-refractivity contribution in [3.8, 4) is 0 Å². The van der Waals surface area contributed by atoms with Crippen molar-refractivity contribution in [2.24, 2.45) is 11.7 Å². The average molecular weight is 386 g/mol. The minimum absolute atomic E-state index is 0.0000367. The lowest BCUT2D eigenvalue weighted by atomic mass is 9.97. The van der Waals surface area contributed by atoms with Crippen molar-refractivity contribution in [1.82, 2.24) is 10.2 Å². The molecule has 8 heteroatoms. The van der Waals surface area contributed by atoms with Gasteiger partial charge in [-0.3, -0.25) is 9.59 Å². The Morgan fingerprint density at radius 1 is 1.19 bits per heavy atom. The number of benzene rings is 1. The topological polar surface area (TPSA) is 105 Å². The van der Waals surface area contributed by atoms with Crippen molar-refractivity contribution in [3.63, 3.8) is 0 Å². The van der Waals surface area contributed by atoms with Crippen LogP contribution in [0, 0.1) is 5.92 Å². The van der Waals surface area contributed by atoms with Crippen molar-refractivity contribution in [1.29, 1.82) is 0 Å². The van der Waals surface area contributed by atoms with Crippen LogP contribution in [-0.4, -0.2) is 35.8 Å². The van der Waals surface area contributed by atoms with Gasteiger partial charge in [-0.2, -0.15) is 0 Å². The molecule has 1 fully saturated rings. The Morgan fingerprint density at radius 3 is 2.63 bits per heavy atom. The molecule has 1 atom stereocenters. The van der Waals surface area contributed by atoms with Gasteiger partial charge in [0.2, 0.25) is 5.91 Å². The minimum atomic E-state index is -0.616. The first kappa shape index (κ1) is 18.9. The summed E-state index contributed by atoms with van der Waals surface area (Å²) < 4.78 is 0. The van der Waals surface area contributed by atoms with Gasteiger partial charge in [-0.1, -0.05) is 18.2 Å². The number of rotatable bonds is 5. The second kappa shape index (κ2) is 8.68. The number of carbonyl (C=O) groups excluding carboxylic acids is 3. The second-order valence-corrected chi connectivity index (χ2v) is 7.42. The van der Waals surface area contributed by atoms with Crippen LogP contribution in [0.4, 0.5) is 10.5 Å². The van der Waals surface area contributed by atoms with Crippen LogP contribution >= 0.6 is 11.3 Å². The molecule has 4 amide bonds. The van der Waals surface area contributed by atoms with Crippen molar-refractivity contribution >= 4 is 34.9 Å². The molecular weight excluding hydrogens is 364 g/mol. The summed E-state index contributed by atoms with van der Waals surface area (Å²) >= 11 is 1.42. The molecule has 2 aromatic rings. The van der Waals surface area contributed by atoms with Gasteiger partial charge in [-0.05, 0) is 42.0 Å². The van der Waals surface area contributed by atoms with Crippen LogP contribution in [-0.2, 0) is 11.3 Å². The van der Waals surface area contributed by atoms with Gasteiger partial charge >= 0.3 is 6.03 Å². The minimum Gasteiger partial charge on any atom is -0.352 e. The lowest BCUT2D eigenvalue weighted by Crippen LogP contribution is -2.45. The predicted molar refractivity (Wildman–Crippen MR) is 104 cm³/mol. The lowest BCUT2D eigenvalue weighted by molar-refractivity contribution is -0.126. The van der Waals surface area contributed by atoms with Crippen LogP contribution in [0.1, 0.15) is 28.1 Å². The van der Waals surface area contributed by atoms with Gasteiger partial charge in [0.1, 0.15) is 0 Å². The molecule has 3 rings (SSSR count). The maximum Gasteiger partial charge on any atom is 0.316 e. The Morgan fingerprint density at radius 2 is 1.96 bits per heavy atom. The van der Waals surface area contributed by atoms with E-state index < -0.39 is 6.03 Å². The van der Waals surface area contributed by atoms with Gasteiger partial charge in [0, 0.05) is 25.3 Å². The van der Waals surface area contributed by atoms with Crippen LogP contribution in [0.2, 0.25) is 0 Å². The van der Waals surface area contributed by atoms with E-state index in [0.717, 1.165) is 18.4 Å². The van der Waals surface area contributed by atoms with Gasteiger partial charge in [0.05, 0.1) is 10.8 Å². The molecule has 4 N–H and O–H groups in total. The number of nitrogens with one attached hydrogen (secondary N) is 2. The highest BCUT2D eigenvalue weighted by Crippen LogP contribution is 2.21. The molecule has 1 aromatic carbocycles. The van der Waals surface area contributed by atoms with E-state index in [2.05, 4.69) is 10.6 Å². The molecule has 0 aliphatic carbocycles. The molecule has 2 heterocycles. The number of carbonyl (C=O) groups is 3. The number of likely N-dealkylation sites (tertiary alicyclic amines) is 1. The number of anilines is 1. The third kappa shape index (κ3) is 5.07. The standard InChI is InChI=1S/C19H22N4O3S/c20-19(26)22-15-7-5-13(6-8-15)11-21-17(24)14-3-1-9-23(12-14)18(25)16-4-2-10-27-16/h2,4-8,10,14H,1,3,9,11-12H2,(H,21,24)(H3,20,22,26). The predicted octanol–water partition coefficient (Wildman–Crippen LogP) is 2.41. The highest BCUT2D eigenvalue weighted by Gasteiger charge is 2.29. The summed E-state index contributed by atoms with van der Waals surface area (Å²) in [6, 6.07) is 10.2. The number of urea groups is 1. The maximum atomic E-state index is 12.5. The average Bonchev–Trinajstić information content (AvgIpc) is 3.21. The zero-order valence-electron chi connectivity index (χ0n) is 14.8. The highest BCUT2D eigenvalue weighted by molar-refractivity contribution is 7.12. The zero-order valence-corrected chi connectivity index (χ0v) is 15.6. The molecule has 142 valence electrons. The lowest BCUT2D eigenvalue weighted by Gasteiger charge is -2.31. The summed E-state index contributed by atoms with van der Waals surface area (Å²) in [5.74, 6) is -0.239. The van der Waals surface area contributed by atoms with E-state index in [1.54, 1.807) is 17.0 Å². The number of primary amides is 1. The molecular formula is C19H22N4O3S. The zero-order chi connectivity index (χ0) is 19.2. The van der Waals surface area contributed by atoms with Gasteiger partial charge in [-0.15, -0.1) is 11.3 Å². The van der Waals surface area contributed by atoms with Crippen molar-refractivity contribution < 1.29 is 14.4 Å². The summed E-state index contributed by atoms with van der Waals surface area (Å²) in [6.45, 7) is 1.53. The molecule has 27 heavy (non-hydrogen) atoms. The Labute approximate surface area is 161 Å². The monoisotopic (exact) mass is 386 g/mol. The van der Waals surface area contributed by atoms with E-state index >= 15 is 0 Å². The van der Waals surface area contributed by atoms with Crippen molar-refractivity contribution in [2.45, 2.75) is 19.4 Å². The third-order valence-electron chi connectivity index (χ3n) is 4.50. The van der Waals surface area contributed by atoms with Crippen LogP contribution in [0.15, 0.2) is 41.8 Å². The fourth-order valence-corrected chi connectivity index (χ4v) is 3.80. The molecule has 1 unspecified atom stereocenters. The summed E-state index contributed by atoms with van der Waals surface area (Å²) in [5.41, 5.74) is 6.59. The first-order valence-electron chi connectivity index (χ1n) is 8.79. The van der Waals surface area contributed by atoms with Crippen molar-refractivity contribution in [3.05, 3.63) is 52.2 Å². The molecule has 0 bridgehead atoms. The molecule has 0 radical (unpaired) electrons. The summed E-state index contributed by atoms with van der Waals surface area (Å²) in [4.78, 5) is 38.3. The summed E-state index contributed by atoms with van der Waals surface area (Å²) in [7, 11) is 0. The molecule has 7 nitrogen and oxygen atoms in total. The Hall–Kier alpha value is -2.87. The fourth-order valence-electron chi connectivity index (χ4n) is 3.11. The number of thiophene rings is 1. The summed E-state index contributed by atoms with van der Waals surface area (Å²) in [6.07, 6.45) is 1.60. The smallest absolute Gasteiger partial charge is 0.316 e. The van der Waals surface area contributed by atoms with Crippen LogP contribution in [0.25, 0.3) is 0 Å². The normalized spacial score (nSPS) is 16.6. The SMILES string of the molecule is NC(=O)Nc1ccc(CNC(=O)C2CCCN(C(=O)c3cccs3)C2)cc1. The van der Waals surface area contributed by atoms with E-state index in [4.69, 9.17) is 5.73 Å². The Balaban J connectivity index is 1.51. The molecule has 0 saturated carbocycles. The highest BCUT2D eigenvalue weighted by atomic mass is 32.1. The number of hydrogen-bond donors (Lipinski definition) is 3. The van der Waals surface area contributed by atoms with Gasteiger partial charge < -0.3 is 21.3 Å². The molecule has 1 saturated heterocycles. The number of hydrogen-bond acceptors (Lipinski definition) is 4. The van der Waals surface area contributed by atoms with Crippen molar-refractivity contribution in [2.75, 3.05) is 18.4 Å². The number of piperidine rings is 1. The van der Waals surface area contributed by atoms with Crippen LogP contribution < -0.4 is 16.4 Å². The number of nitrogens with two attached hydrogens (primary N) is 1. The quantitative estimate of drug-likeness (QED) is 0.735. The van der Waals surface area contributed by atoms with E-state index in [1.165, 1.54) is 11.3 Å². The van der Waals surface area contributed by atoms with Crippen LogP contribution in [0.5, 0.6) is 0 Å².